The van der Waals surface area contributed by atoms with Gasteiger partial charge in [-0.1, -0.05) is 24.3 Å². The standard InChI is InChI=1S/C21H23N3O/c1-2-6-19-17(5-1)18-7-13-25-21(20(18)23-19)8-11-24(12-9-21)15-16-4-3-10-22-14-16/h1-6,10,14,23H,7-9,11-13,15H2. The molecule has 1 N–H and O–H groups in total. The molecule has 0 aliphatic carbocycles. The van der Waals surface area contributed by atoms with E-state index in [-0.39, 0.29) is 5.60 Å². The highest BCUT2D eigenvalue weighted by atomic mass is 16.5. The van der Waals surface area contributed by atoms with Gasteiger partial charge in [0.25, 0.3) is 0 Å². The Morgan fingerprint density at radius 2 is 2.00 bits per heavy atom. The molecule has 1 spiro atoms. The number of hydrogen-bond donors (Lipinski definition) is 1. The Hall–Kier alpha value is -2.17. The second-order valence-electron chi connectivity index (χ2n) is 7.25. The van der Waals surface area contributed by atoms with E-state index in [1.165, 1.54) is 27.7 Å². The topological polar surface area (TPSA) is 41.2 Å². The van der Waals surface area contributed by atoms with Crippen LogP contribution in [0.2, 0.25) is 0 Å². The number of aromatic nitrogens is 2. The summed E-state index contributed by atoms with van der Waals surface area (Å²) in [6, 6.07) is 12.8. The lowest BCUT2D eigenvalue weighted by Gasteiger charge is -2.43. The SMILES string of the molecule is c1cncc(CN2CCC3(CC2)OCCc2c3[nH]c3ccccc23)c1. The third kappa shape index (κ3) is 2.57. The van der Waals surface area contributed by atoms with Gasteiger partial charge in [0, 0.05) is 42.9 Å². The number of pyridine rings is 1. The molecule has 0 bridgehead atoms. The van der Waals surface area contributed by atoms with Gasteiger partial charge in [-0.2, -0.15) is 0 Å². The first-order chi connectivity index (χ1) is 12.3. The number of likely N-dealkylation sites (tertiary alicyclic amines) is 1. The van der Waals surface area contributed by atoms with Gasteiger partial charge in [0.2, 0.25) is 0 Å². The van der Waals surface area contributed by atoms with Gasteiger partial charge in [-0.3, -0.25) is 9.88 Å². The highest BCUT2D eigenvalue weighted by Crippen LogP contribution is 2.43. The zero-order valence-electron chi connectivity index (χ0n) is 14.4. The smallest absolute Gasteiger partial charge is 0.110 e. The molecule has 2 aliphatic heterocycles. The molecule has 0 radical (unpaired) electrons. The van der Waals surface area contributed by atoms with Gasteiger partial charge in [-0.25, -0.2) is 0 Å². The largest absolute Gasteiger partial charge is 0.368 e. The summed E-state index contributed by atoms with van der Waals surface area (Å²) in [5.41, 5.74) is 5.21. The zero-order valence-corrected chi connectivity index (χ0v) is 14.4. The molecule has 4 heteroatoms. The van der Waals surface area contributed by atoms with E-state index in [1.807, 2.05) is 18.5 Å². The van der Waals surface area contributed by atoms with Crippen LogP contribution >= 0.6 is 0 Å². The molecule has 5 rings (SSSR count). The Kier molecular flexibility index (Phi) is 3.61. The van der Waals surface area contributed by atoms with Gasteiger partial charge in [-0.15, -0.1) is 0 Å². The maximum atomic E-state index is 6.39. The molecular formula is C21H23N3O. The maximum Gasteiger partial charge on any atom is 0.110 e. The van der Waals surface area contributed by atoms with Crippen molar-refractivity contribution in [2.45, 2.75) is 31.4 Å². The van der Waals surface area contributed by atoms with Crippen LogP contribution in [0.1, 0.15) is 29.7 Å². The molecule has 128 valence electrons. The lowest BCUT2D eigenvalue weighted by molar-refractivity contribution is -0.101. The van der Waals surface area contributed by atoms with Gasteiger partial charge in [-0.05, 0) is 42.5 Å². The summed E-state index contributed by atoms with van der Waals surface area (Å²) in [5, 5.41) is 1.37. The molecule has 1 fully saturated rings. The summed E-state index contributed by atoms with van der Waals surface area (Å²) in [5.74, 6) is 0. The molecule has 4 heterocycles. The van der Waals surface area contributed by atoms with Crippen molar-refractivity contribution in [3.05, 3.63) is 65.6 Å². The lowest BCUT2D eigenvalue weighted by atomic mass is 9.83. The maximum absolute atomic E-state index is 6.39. The first-order valence-electron chi connectivity index (χ1n) is 9.19. The van der Waals surface area contributed by atoms with Gasteiger partial charge in [0.15, 0.2) is 0 Å². The Labute approximate surface area is 147 Å². The number of benzene rings is 1. The minimum atomic E-state index is -0.127. The zero-order chi connectivity index (χ0) is 16.7. The second-order valence-corrected chi connectivity index (χ2v) is 7.25. The van der Waals surface area contributed by atoms with Gasteiger partial charge in [0.05, 0.1) is 12.3 Å². The quantitative estimate of drug-likeness (QED) is 0.779. The second kappa shape index (κ2) is 5.97. The predicted molar refractivity (Wildman–Crippen MR) is 98.4 cm³/mol. The van der Waals surface area contributed by atoms with E-state index < -0.39 is 0 Å². The number of H-pyrrole nitrogens is 1. The summed E-state index contributed by atoms with van der Waals surface area (Å²) in [7, 11) is 0. The fourth-order valence-corrected chi connectivity index (χ4v) is 4.49. The highest BCUT2D eigenvalue weighted by Gasteiger charge is 2.42. The summed E-state index contributed by atoms with van der Waals surface area (Å²) >= 11 is 0. The van der Waals surface area contributed by atoms with Crippen LogP contribution < -0.4 is 0 Å². The van der Waals surface area contributed by atoms with E-state index in [4.69, 9.17) is 4.74 Å². The number of piperidine rings is 1. The fourth-order valence-electron chi connectivity index (χ4n) is 4.49. The normalized spacial score (nSPS) is 20.0. The molecule has 0 amide bonds. The van der Waals surface area contributed by atoms with E-state index in [0.717, 1.165) is 45.5 Å². The Bertz CT molecular complexity index is 879. The van der Waals surface area contributed by atoms with Crippen molar-refractivity contribution in [1.29, 1.82) is 0 Å². The van der Waals surface area contributed by atoms with Gasteiger partial charge < -0.3 is 9.72 Å². The van der Waals surface area contributed by atoms with Crippen LogP contribution in [0.3, 0.4) is 0 Å². The molecule has 25 heavy (non-hydrogen) atoms. The van der Waals surface area contributed by atoms with Crippen molar-refractivity contribution in [3.63, 3.8) is 0 Å². The number of aromatic amines is 1. The molecular weight excluding hydrogens is 310 g/mol. The van der Waals surface area contributed by atoms with Crippen molar-refractivity contribution in [1.82, 2.24) is 14.9 Å². The van der Waals surface area contributed by atoms with E-state index in [2.05, 4.69) is 45.2 Å². The minimum Gasteiger partial charge on any atom is -0.368 e. The van der Waals surface area contributed by atoms with Crippen LogP contribution in [0.25, 0.3) is 10.9 Å². The predicted octanol–water partition coefficient (Wildman–Crippen LogP) is 3.63. The number of hydrogen-bond acceptors (Lipinski definition) is 3. The van der Waals surface area contributed by atoms with Crippen molar-refractivity contribution < 1.29 is 4.74 Å². The summed E-state index contributed by atoms with van der Waals surface area (Å²) in [6.45, 7) is 3.92. The molecule has 2 aliphatic rings. The highest BCUT2D eigenvalue weighted by molar-refractivity contribution is 5.85. The van der Waals surface area contributed by atoms with E-state index in [1.54, 1.807) is 0 Å². The number of nitrogens with zero attached hydrogens (tertiary/aromatic N) is 2. The first kappa shape index (κ1) is 15.1. The number of ether oxygens (including phenoxy) is 1. The molecule has 0 unspecified atom stereocenters. The minimum absolute atomic E-state index is 0.127. The summed E-state index contributed by atoms with van der Waals surface area (Å²) in [4.78, 5) is 10.4. The number of para-hydroxylation sites is 1. The van der Waals surface area contributed by atoms with Crippen molar-refractivity contribution >= 4 is 10.9 Å². The summed E-state index contributed by atoms with van der Waals surface area (Å²) < 4.78 is 6.39. The lowest BCUT2D eigenvalue weighted by Crippen LogP contribution is -2.46. The third-order valence-electron chi connectivity index (χ3n) is 5.79. The average Bonchev–Trinajstić information content (AvgIpc) is 3.05. The number of nitrogens with one attached hydrogen (secondary N) is 1. The van der Waals surface area contributed by atoms with Crippen molar-refractivity contribution in [3.8, 4) is 0 Å². The molecule has 0 saturated carbocycles. The third-order valence-corrected chi connectivity index (χ3v) is 5.79. The van der Waals surface area contributed by atoms with E-state index in [9.17, 15) is 0 Å². The Morgan fingerprint density at radius 1 is 1.12 bits per heavy atom. The molecule has 3 aromatic rings. The molecule has 2 aromatic heterocycles. The first-order valence-corrected chi connectivity index (χ1v) is 9.19. The van der Waals surface area contributed by atoms with Gasteiger partial charge in [0.1, 0.15) is 5.60 Å². The molecule has 4 nitrogen and oxygen atoms in total. The van der Waals surface area contributed by atoms with Crippen LogP contribution in [0.5, 0.6) is 0 Å². The molecule has 0 atom stereocenters. The van der Waals surface area contributed by atoms with Gasteiger partial charge >= 0.3 is 0 Å². The van der Waals surface area contributed by atoms with Crippen molar-refractivity contribution in [2.75, 3.05) is 19.7 Å². The molecule has 1 aromatic carbocycles. The van der Waals surface area contributed by atoms with Crippen LogP contribution in [-0.4, -0.2) is 34.6 Å². The van der Waals surface area contributed by atoms with Crippen LogP contribution in [-0.2, 0) is 23.3 Å². The van der Waals surface area contributed by atoms with E-state index in [0.29, 0.717) is 0 Å². The number of rotatable bonds is 2. The Morgan fingerprint density at radius 3 is 2.84 bits per heavy atom. The van der Waals surface area contributed by atoms with Crippen LogP contribution in [0.15, 0.2) is 48.8 Å². The Balaban J connectivity index is 1.40. The monoisotopic (exact) mass is 333 g/mol. The number of fused-ring (bicyclic) bond motifs is 4. The molecule has 1 saturated heterocycles. The fraction of sp³-hybridized carbons (Fsp3) is 0.381. The van der Waals surface area contributed by atoms with Crippen molar-refractivity contribution in [2.24, 2.45) is 0 Å². The summed E-state index contributed by atoms with van der Waals surface area (Å²) in [6.07, 6.45) is 6.92. The average molecular weight is 333 g/mol. The van der Waals surface area contributed by atoms with Crippen LogP contribution in [0, 0.1) is 0 Å². The van der Waals surface area contributed by atoms with E-state index >= 15 is 0 Å². The van der Waals surface area contributed by atoms with Crippen LogP contribution in [0.4, 0.5) is 0 Å².